The smallest absolute Gasteiger partial charge is 0.250 e. The van der Waals surface area contributed by atoms with Crippen LogP contribution in [-0.2, 0) is 9.53 Å². The Hall–Kier alpha value is -0.650. The molecule has 0 bridgehead atoms. The molecular formula is C6H12N2O3. The molecule has 0 radical (unpaired) electrons. The number of carbonyl (C=O) groups is 1. The Morgan fingerprint density at radius 2 is 2.45 bits per heavy atom. The first-order valence-electron chi connectivity index (χ1n) is 3.53. The minimum absolute atomic E-state index is 0.198. The van der Waals surface area contributed by atoms with Crippen LogP contribution in [0.3, 0.4) is 0 Å². The molecule has 11 heavy (non-hydrogen) atoms. The van der Waals surface area contributed by atoms with Gasteiger partial charge >= 0.3 is 0 Å². The van der Waals surface area contributed by atoms with E-state index in [1.165, 1.54) is 0 Å². The molecule has 0 spiro atoms. The van der Waals surface area contributed by atoms with Crippen LogP contribution in [0.4, 0.5) is 0 Å². The van der Waals surface area contributed by atoms with Crippen LogP contribution in [-0.4, -0.2) is 30.4 Å². The normalized spacial score (nSPS) is 31.5. The summed E-state index contributed by atoms with van der Waals surface area (Å²) in [4.78, 5) is 10.9. The van der Waals surface area contributed by atoms with Crippen molar-refractivity contribution in [2.45, 2.75) is 12.5 Å². The number of ether oxygens (including phenoxy) is 1. The molecule has 1 aliphatic rings. The molecule has 64 valence electrons. The molecule has 1 rings (SSSR count). The van der Waals surface area contributed by atoms with E-state index >= 15 is 0 Å². The zero-order valence-corrected chi connectivity index (χ0v) is 6.12. The minimum Gasteiger partial charge on any atom is -0.380 e. The highest BCUT2D eigenvalue weighted by Crippen LogP contribution is 2.12. The maximum atomic E-state index is 10.9. The van der Waals surface area contributed by atoms with E-state index in [1.807, 2.05) is 0 Å². The summed E-state index contributed by atoms with van der Waals surface area (Å²) in [6.07, 6.45) is 0.665. The van der Waals surface area contributed by atoms with E-state index in [0.717, 1.165) is 0 Å². The number of hydrogen-bond donors (Lipinski definition) is 3. The summed E-state index contributed by atoms with van der Waals surface area (Å²) in [5, 5.41) is 8.29. The second-order valence-corrected chi connectivity index (χ2v) is 2.61. The van der Waals surface area contributed by atoms with Gasteiger partial charge in [-0.25, -0.2) is 5.48 Å². The van der Waals surface area contributed by atoms with E-state index in [1.54, 1.807) is 5.48 Å². The van der Waals surface area contributed by atoms with Crippen LogP contribution >= 0.6 is 0 Å². The molecule has 5 heteroatoms. The second kappa shape index (κ2) is 3.66. The largest absolute Gasteiger partial charge is 0.380 e. The van der Waals surface area contributed by atoms with Gasteiger partial charge in [-0.15, -0.1) is 0 Å². The van der Waals surface area contributed by atoms with Crippen molar-refractivity contribution in [2.75, 3.05) is 13.2 Å². The highest BCUT2D eigenvalue weighted by Gasteiger charge is 2.28. The molecule has 0 aromatic heterocycles. The topological polar surface area (TPSA) is 84.6 Å². The molecule has 1 heterocycles. The molecular weight excluding hydrogens is 148 g/mol. The van der Waals surface area contributed by atoms with Gasteiger partial charge in [0.2, 0.25) is 5.91 Å². The first-order valence-corrected chi connectivity index (χ1v) is 3.53. The third-order valence-corrected chi connectivity index (χ3v) is 1.86. The van der Waals surface area contributed by atoms with Gasteiger partial charge in [-0.3, -0.25) is 10.0 Å². The number of rotatable bonds is 1. The third-order valence-electron chi connectivity index (χ3n) is 1.86. The van der Waals surface area contributed by atoms with Crippen molar-refractivity contribution in [1.82, 2.24) is 5.48 Å². The van der Waals surface area contributed by atoms with Gasteiger partial charge in [0.15, 0.2) is 0 Å². The maximum absolute atomic E-state index is 10.9. The quantitative estimate of drug-likeness (QED) is 0.334. The van der Waals surface area contributed by atoms with Crippen LogP contribution in [0.15, 0.2) is 0 Å². The van der Waals surface area contributed by atoms with E-state index in [0.29, 0.717) is 19.6 Å². The highest BCUT2D eigenvalue weighted by atomic mass is 16.5. The van der Waals surface area contributed by atoms with Crippen molar-refractivity contribution in [3.05, 3.63) is 0 Å². The minimum atomic E-state index is -0.461. The van der Waals surface area contributed by atoms with Crippen LogP contribution < -0.4 is 11.2 Å². The number of hydroxylamine groups is 1. The van der Waals surface area contributed by atoms with Crippen molar-refractivity contribution in [3.63, 3.8) is 0 Å². The predicted molar refractivity (Wildman–Crippen MR) is 36.8 cm³/mol. The standard InChI is InChI=1S/C6H12N2O3/c7-5-1-2-11-3-4(5)6(9)8-10/h4-5,10H,1-3,7H2,(H,8,9)/t4-,5+/m0/s1. The number of hydrogen-bond acceptors (Lipinski definition) is 4. The summed E-state index contributed by atoms with van der Waals surface area (Å²) in [7, 11) is 0. The zero-order valence-electron chi connectivity index (χ0n) is 6.12. The molecule has 1 saturated heterocycles. The van der Waals surface area contributed by atoms with Gasteiger partial charge in [-0.2, -0.15) is 0 Å². The number of nitrogens with two attached hydrogens (primary N) is 1. The number of nitrogens with one attached hydrogen (secondary N) is 1. The van der Waals surface area contributed by atoms with E-state index in [2.05, 4.69) is 0 Å². The molecule has 0 aromatic rings. The van der Waals surface area contributed by atoms with Crippen LogP contribution in [0, 0.1) is 5.92 Å². The van der Waals surface area contributed by atoms with Crippen LogP contribution in [0.1, 0.15) is 6.42 Å². The van der Waals surface area contributed by atoms with Gasteiger partial charge in [0.05, 0.1) is 12.5 Å². The number of amides is 1. The number of carbonyl (C=O) groups excluding carboxylic acids is 1. The Kier molecular flexibility index (Phi) is 2.81. The lowest BCUT2D eigenvalue weighted by molar-refractivity contribution is -0.138. The Balaban J connectivity index is 2.47. The fourth-order valence-electron chi connectivity index (χ4n) is 1.11. The van der Waals surface area contributed by atoms with E-state index < -0.39 is 11.8 Å². The van der Waals surface area contributed by atoms with Gasteiger partial charge in [0, 0.05) is 12.6 Å². The summed E-state index contributed by atoms with van der Waals surface area (Å²) >= 11 is 0. The average Bonchev–Trinajstić information content (AvgIpc) is 2.04. The SMILES string of the molecule is N[C@@H]1CCOC[C@@H]1C(=O)NO. The fraction of sp³-hybridized carbons (Fsp3) is 0.833. The molecule has 5 nitrogen and oxygen atoms in total. The van der Waals surface area contributed by atoms with E-state index in [9.17, 15) is 4.79 Å². The van der Waals surface area contributed by atoms with Crippen molar-refractivity contribution in [3.8, 4) is 0 Å². The van der Waals surface area contributed by atoms with Gasteiger partial charge in [-0.1, -0.05) is 0 Å². The lowest BCUT2D eigenvalue weighted by atomic mass is 9.96. The molecule has 2 atom stereocenters. The lowest BCUT2D eigenvalue weighted by Gasteiger charge is -2.26. The average molecular weight is 160 g/mol. The third kappa shape index (κ3) is 1.89. The summed E-state index contributed by atoms with van der Waals surface area (Å²) < 4.78 is 5.02. The maximum Gasteiger partial charge on any atom is 0.250 e. The van der Waals surface area contributed by atoms with Crippen LogP contribution in [0.2, 0.25) is 0 Å². The van der Waals surface area contributed by atoms with Crippen LogP contribution in [0.5, 0.6) is 0 Å². The highest BCUT2D eigenvalue weighted by molar-refractivity contribution is 5.78. The molecule has 0 aromatic carbocycles. The van der Waals surface area contributed by atoms with Crippen molar-refractivity contribution in [2.24, 2.45) is 11.7 Å². The molecule has 1 aliphatic heterocycles. The Labute approximate surface area is 64.5 Å². The predicted octanol–water partition coefficient (Wildman–Crippen LogP) is -1.14. The van der Waals surface area contributed by atoms with Crippen molar-refractivity contribution >= 4 is 5.91 Å². The first-order chi connectivity index (χ1) is 5.25. The van der Waals surface area contributed by atoms with Gasteiger partial charge in [0.1, 0.15) is 0 Å². The van der Waals surface area contributed by atoms with Gasteiger partial charge < -0.3 is 10.5 Å². The van der Waals surface area contributed by atoms with Crippen molar-refractivity contribution in [1.29, 1.82) is 0 Å². The summed E-state index contributed by atoms with van der Waals surface area (Å²) in [6.45, 7) is 0.893. The fourth-order valence-corrected chi connectivity index (χ4v) is 1.11. The molecule has 0 unspecified atom stereocenters. The Bertz CT molecular complexity index is 151. The molecule has 1 amide bonds. The van der Waals surface area contributed by atoms with E-state index in [-0.39, 0.29) is 6.04 Å². The summed E-state index contributed by atoms with van der Waals surface area (Å²) in [6, 6.07) is -0.198. The Morgan fingerprint density at radius 3 is 3.00 bits per heavy atom. The van der Waals surface area contributed by atoms with Crippen molar-refractivity contribution < 1.29 is 14.7 Å². The lowest BCUT2D eigenvalue weighted by Crippen LogP contribution is -2.46. The van der Waals surface area contributed by atoms with E-state index in [4.69, 9.17) is 15.7 Å². The summed E-state index contributed by atoms with van der Waals surface area (Å²) in [5.74, 6) is -0.869. The van der Waals surface area contributed by atoms with Crippen LogP contribution in [0.25, 0.3) is 0 Å². The van der Waals surface area contributed by atoms with Gasteiger partial charge in [-0.05, 0) is 6.42 Å². The monoisotopic (exact) mass is 160 g/mol. The second-order valence-electron chi connectivity index (χ2n) is 2.61. The molecule has 4 N–H and O–H groups in total. The summed E-state index contributed by atoms with van der Waals surface area (Å²) in [5.41, 5.74) is 7.17. The molecule has 0 aliphatic carbocycles. The first kappa shape index (κ1) is 8.45. The molecule has 1 fully saturated rings. The Morgan fingerprint density at radius 1 is 1.73 bits per heavy atom. The van der Waals surface area contributed by atoms with Gasteiger partial charge in [0.25, 0.3) is 0 Å². The molecule has 0 saturated carbocycles. The zero-order chi connectivity index (χ0) is 8.27.